The van der Waals surface area contributed by atoms with Gasteiger partial charge in [-0.15, -0.1) is 0 Å². The summed E-state index contributed by atoms with van der Waals surface area (Å²) >= 11 is 5.74. The Balaban J connectivity index is 1.02. The van der Waals surface area contributed by atoms with Crippen LogP contribution in [0.2, 0.25) is 0 Å². The third-order valence-corrected chi connectivity index (χ3v) is 11.0. The number of piperidine rings is 1. The maximum Gasteiger partial charge on any atom is 0.417 e. The molecule has 0 aromatic heterocycles. The van der Waals surface area contributed by atoms with Crippen molar-refractivity contribution in [3.8, 4) is 11.8 Å². The second-order valence-electron chi connectivity index (χ2n) is 15.8. The zero-order valence-corrected chi connectivity index (χ0v) is 34.4. The van der Waals surface area contributed by atoms with Crippen LogP contribution in [0.3, 0.4) is 0 Å². The molecule has 17 heteroatoms. The largest absolute Gasteiger partial charge is 0.492 e. The number of nitrogens with one attached hydrogen (secondary N) is 3. The van der Waals surface area contributed by atoms with E-state index in [2.05, 4.69) is 25.8 Å². The van der Waals surface area contributed by atoms with Crippen LogP contribution in [0.25, 0.3) is 0 Å². The standard InChI is InChI=1S/C42H47F3N8O5S/c1-25(2)32-21-31(53-40(59)52(39(57)41(53,4)5)30-7-6-27(23-46)33(22-30)42(43,44)45)8-10-35(32)58-17-16-50-12-14-51(15-13-50)24-37(55)48-29-19-26(3)18-28(20-29)47-34-9-11-36(54)49-38(34)56/h6-8,10,18-22,25,34,47H,9,11-17,24H2,1-5H3,(H,48,55)(H,49,54,56). The summed E-state index contributed by atoms with van der Waals surface area (Å²) in [5, 5.41) is 17.7. The van der Waals surface area contributed by atoms with Crippen molar-refractivity contribution < 1.29 is 37.1 Å². The smallest absolute Gasteiger partial charge is 0.417 e. The minimum absolute atomic E-state index is 0.0152. The van der Waals surface area contributed by atoms with E-state index in [0.29, 0.717) is 55.5 Å². The van der Waals surface area contributed by atoms with Gasteiger partial charge in [0.1, 0.15) is 23.9 Å². The van der Waals surface area contributed by atoms with E-state index in [-0.39, 0.29) is 47.4 Å². The molecule has 3 N–H and O–H groups in total. The van der Waals surface area contributed by atoms with Crippen molar-refractivity contribution in [2.24, 2.45) is 0 Å². The van der Waals surface area contributed by atoms with Gasteiger partial charge in [-0.25, -0.2) is 0 Å². The molecule has 3 heterocycles. The van der Waals surface area contributed by atoms with Gasteiger partial charge < -0.3 is 20.3 Å². The number of hydrogen-bond donors (Lipinski definition) is 3. The number of hydrogen-bond acceptors (Lipinski definition) is 10. The lowest BCUT2D eigenvalue weighted by atomic mass is 9.98. The Morgan fingerprint density at radius 2 is 1.68 bits per heavy atom. The molecule has 0 radical (unpaired) electrons. The molecule has 1 atom stereocenters. The molecule has 1 unspecified atom stereocenters. The Morgan fingerprint density at radius 1 is 1.00 bits per heavy atom. The van der Waals surface area contributed by atoms with Crippen LogP contribution >= 0.6 is 12.2 Å². The second kappa shape index (κ2) is 17.3. The van der Waals surface area contributed by atoms with Crippen LogP contribution in [0.5, 0.6) is 5.75 Å². The van der Waals surface area contributed by atoms with Gasteiger partial charge >= 0.3 is 6.18 Å². The number of carbonyl (C=O) groups excluding carboxylic acids is 4. The van der Waals surface area contributed by atoms with Crippen LogP contribution in [-0.4, -0.2) is 96.0 Å². The fourth-order valence-corrected chi connectivity index (χ4v) is 8.07. The van der Waals surface area contributed by atoms with Crippen molar-refractivity contribution in [1.82, 2.24) is 15.1 Å². The number of anilines is 4. The van der Waals surface area contributed by atoms with Gasteiger partial charge in [0.15, 0.2) is 5.11 Å². The molecule has 3 saturated heterocycles. The summed E-state index contributed by atoms with van der Waals surface area (Å²) in [7, 11) is 0. The lowest BCUT2D eigenvalue weighted by Crippen LogP contribution is -2.49. The first-order valence-electron chi connectivity index (χ1n) is 19.4. The van der Waals surface area contributed by atoms with Crippen LogP contribution < -0.4 is 30.5 Å². The molecule has 4 amide bonds. The Labute approximate surface area is 346 Å². The zero-order valence-electron chi connectivity index (χ0n) is 33.5. The van der Waals surface area contributed by atoms with Crippen LogP contribution in [0, 0.1) is 18.3 Å². The minimum atomic E-state index is -4.80. The van der Waals surface area contributed by atoms with Crippen LogP contribution in [-0.2, 0) is 25.4 Å². The average molecular weight is 833 g/mol. The lowest BCUT2D eigenvalue weighted by Gasteiger charge is -2.34. The van der Waals surface area contributed by atoms with Crippen molar-refractivity contribution in [3.05, 3.63) is 76.9 Å². The molecule has 3 aromatic carbocycles. The second-order valence-corrected chi connectivity index (χ2v) is 16.1. The van der Waals surface area contributed by atoms with Crippen LogP contribution in [0.1, 0.15) is 68.7 Å². The number of carbonyl (C=O) groups is 4. The lowest BCUT2D eigenvalue weighted by molar-refractivity contribution is -0.138. The molecule has 0 aliphatic carbocycles. The Kier molecular flexibility index (Phi) is 12.6. The highest BCUT2D eigenvalue weighted by molar-refractivity contribution is 7.81. The molecule has 13 nitrogen and oxygen atoms in total. The van der Waals surface area contributed by atoms with E-state index in [9.17, 15) is 37.6 Å². The Morgan fingerprint density at radius 3 is 2.34 bits per heavy atom. The van der Waals surface area contributed by atoms with Crippen molar-refractivity contribution in [2.45, 2.75) is 71.1 Å². The SMILES string of the molecule is Cc1cc(NC(=O)CN2CCN(CCOc3ccc(N4C(=S)N(c5ccc(C#N)c(C(F)(F)F)c5)C(=O)C4(C)C)cc3C(C)C)CC2)cc(NC2CCC(=O)NC2=O)c1. The summed E-state index contributed by atoms with van der Waals surface area (Å²) in [5.74, 6) is -0.618. The van der Waals surface area contributed by atoms with E-state index in [1.54, 1.807) is 36.9 Å². The topological polar surface area (TPSA) is 150 Å². The average Bonchev–Trinajstić information content (AvgIpc) is 3.34. The first-order valence-corrected chi connectivity index (χ1v) is 19.8. The van der Waals surface area contributed by atoms with E-state index in [0.717, 1.165) is 41.2 Å². The third kappa shape index (κ3) is 9.67. The molecule has 3 aliphatic heterocycles. The van der Waals surface area contributed by atoms with Gasteiger partial charge in [-0.05, 0) is 111 Å². The highest BCUT2D eigenvalue weighted by atomic mass is 32.1. The van der Waals surface area contributed by atoms with E-state index in [1.807, 2.05) is 45.0 Å². The van der Waals surface area contributed by atoms with Crippen molar-refractivity contribution in [3.63, 3.8) is 0 Å². The van der Waals surface area contributed by atoms with E-state index in [4.69, 9.17) is 17.0 Å². The van der Waals surface area contributed by atoms with Crippen molar-refractivity contribution in [2.75, 3.05) is 66.3 Å². The molecule has 6 rings (SSSR count). The monoisotopic (exact) mass is 832 g/mol. The first kappa shape index (κ1) is 43.0. The Bertz CT molecular complexity index is 2200. The number of amides is 4. The summed E-state index contributed by atoms with van der Waals surface area (Å²) in [6, 6.07) is 15.2. The number of halogens is 3. The molecule has 0 bridgehead atoms. The van der Waals surface area contributed by atoms with Gasteiger partial charge in [0.2, 0.25) is 17.7 Å². The maximum absolute atomic E-state index is 13.8. The number of nitrogens with zero attached hydrogens (tertiary/aromatic N) is 5. The number of nitriles is 1. The highest BCUT2D eigenvalue weighted by Crippen LogP contribution is 2.41. The van der Waals surface area contributed by atoms with Crippen LogP contribution in [0.4, 0.5) is 35.9 Å². The fraction of sp³-hybridized carbons (Fsp3) is 0.429. The molecule has 312 valence electrons. The summed E-state index contributed by atoms with van der Waals surface area (Å²) in [6.07, 6.45) is -4.14. The van der Waals surface area contributed by atoms with Gasteiger partial charge in [-0.1, -0.05) is 13.8 Å². The van der Waals surface area contributed by atoms with Gasteiger partial charge in [0, 0.05) is 56.2 Å². The highest BCUT2D eigenvalue weighted by Gasteiger charge is 2.51. The summed E-state index contributed by atoms with van der Waals surface area (Å²) in [4.78, 5) is 57.5. The van der Waals surface area contributed by atoms with Crippen LogP contribution in [0.15, 0.2) is 54.6 Å². The fourth-order valence-electron chi connectivity index (χ4n) is 7.55. The van der Waals surface area contributed by atoms with Gasteiger partial charge in [0.25, 0.3) is 5.91 Å². The number of ether oxygens (including phenoxy) is 1. The molecule has 59 heavy (non-hydrogen) atoms. The number of piperazine rings is 1. The normalized spacial score (nSPS) is 18.9. The third-order valence-electron chi connectivity index (χ3n) is 10.7. The van der Waals surface area contributed by atoms with Gasteiger partial charge in [0.05, 0.1) is 29.4 Å². The van der Waals surface area contributed by atoms with Crippen molar-refractivity contribution >= 4 is 63.7 Å². The molecule has 3 aromatic rings. The summed E-state index contributed by atoms with van der Waals surface area (Å²) < 4.78 is 47.7. The first-order chi connectivity index (χ1) is 27.8. The number of rotatable bonds is 12. The van der Waals surface area contributed by atoms with E-state index < -0.39 is 34.8 Å². The number of benzene rings is 3. The number of alkyl halides is 3. The zero-order chi connectivity index (χ0) is 42.8. The number of imide groups is 1. The molecule has 3 fully saturated rings. The molecule has 0 spiro atoms. The summed E-state index contributed by atoms with van der Waals surface area (Å²) in [6.45, 7) is 13.4. The Hall–Kier alpha value is -5.57. The molecular weight excluding hydrogens is 786 g/mol. The molecule has 3 aliphatic rings. The minimum Gasteiger partial charge on any atom is -0.492 e. The quantitative estimate of drug-likeness (QED) is 0.151. The number of aryl methyl sites for hydroxylation is 1. The predicted molar refractivity (Wildman–Crippen MR) is 221 cm³/mol. The van der Waals surface area contributed by atoms with Crippen molar-refractivity contribution in [1.29, 1.82) is 5.26 Å². The molecular formula is C42H47F3N8O5S. The summed E-state index contributed by atoms with van der Waals surface area (Å²) in [5.41, 5.74) is 0.655. The predicted octanol–water partition coefficient (Wildman–Crippen LogP) is 5.78. The molecule has 0 saturated carbocycles. The van der Waals surface area contributed by atoms with Gasteiger partial charge in [-0.3, -0.25) is 39.2 Å². The van der Waals surface area contributed by atoms with Gasteiger partial charge in [-0.2, -0.15) is 18.4 Å². The van der Waals surface area contributed by atoms with E-state index in [1.165, 1.54) is 6.07 Å². The van der Waals surface area contributed by atoms with E-state index >= 15 is 0 Å². The maximum atomic E-state index is 13.8. The number of thiocarbonyl (C=S) groups is 1.